The molecule has 0 bridgehead atoms. The average Bonchev–Trinajstić information content (AvgIpc) is 3.06. The molecule has 4 heteroatoms. The van der Waals surface area contributed by atoms with E-state index in [9.17, 15) is 0 Å². The van der Waals surface area contributed by atoms with Crippen molar-refractivity contribution in [3.63, 3.8) is 0 Å². The van der Waals surface area contributed by atoms with Gasteiger partial charge in [0.2, 0.25) is 11.1 Å². The van der Waals surface area contributed by atoms with Crippen LogP contribution in [0.1, 0.15) is 0 Å². The molecular formula is C22H16ClN2O+. The van der Waals surface area contributed by atoms with E-state index < -0.39 is 0 Å². The molecule has 5 rings (SSSR count). The number of halogens is 1. The number of nitrogens with zero attached hydrogens (tertiary/aromatic N) is 1. The standard InChI is InChI=1S/C22H15ClN2O/c1-25-18-8-4-2-6-16(18)20(24-15-12-10-14(23)11-13-15)22-21(25)17-7-3-5-9-19(17)26-22/h2-13H,1H3/p+1. The number of hydrogen-bond acceptors (Lipinski definition) is 2. The topological polar surface area (TPSA) is 29.1 Å². The minimum absolute atomic E-state index is 0.716. The van der Waals surface area contributed by atoms with E-state index in [1.54, 1.807) is 0 Å². The van der Waals surface area contributed by atoms with Gasteiger partial charge in [-0.15, -0.1) is 0 Å². The Balaban J connectivity index is 1.89. The fourth-order valence-corrected chi connectivity index (χ4v) is 3.68. The minimum atomic E-state index is 0.716. The highest BCUT2D eigenvalue weighted by molar-refractivity contribution is 6.30. The molecule has 0 amide bonds. The highest BCUT2D eigenvalue weighted by Gasteiger charge is 2.24. The smallest absolute Gasteiger partial charge is 0.261 e. The van der Waals surface area contributed by atoms with Crippen LogP contribution in [0.15, 0.2) is 77.2 Å². The van der Waals surface area contributed by atoms with E-state index in [2.05, 4.69) is 41.2 Å². The number of pyridine rings is 1. The summed E-state index contributed by atoms with van der Waals surface area (Å²) in [6.45, 7) is 0. The lowest BCUT2D eigenvalue weighted by Gasteiger charge is -2.10. The Kier molecular flexibility index (Phi) is 3.37. The normalized spacial score (nSPS) is 11.5. The van der Waals surface area contributed by atoms with E-state index >= 15 is 0 Å². The highest BCUT2D eigenvalue weighted by Crippen LogP contribution is 2.37. The molecule has 0 fully saturated rings. The third-order valence-corrected chi connectivity index (χ3v) is 5.03. The summed E-state index contributed by atoms with van der Waals surface area (Å²) in [6, 6.07) is 24.2. The van der Waals surface area contributed by atoms with Gasteiger partial charge in [-0.05, 0) is 42.5 Å². The van der Waals surface area contributed by atoms with Gasteiger partial charge in [0.25, 0.3) is 5.52 Å². The first-order chi connectivity index (χ1) is 12.7. The van der Waals surface area contributed by atoms with Crippen LogP contribution in [-0.2, 0) is 7.05 Å². The van der Waals surface area contributed by atoms with Crippen LogP contribution in [0.2, 0.25) is 5.02 Å². The summed E-state index contributed by atoms with van der Waals surface area (Å²) in [6.07, 6.45) is 0. The van der Waals surface area contributed by atoms with Crippen molar-refractivity contribution in [1.82, 2.24) is 0 Å². The molecule has 5 aromatic rings. The molecule has 0 saturated carbocycles. The lowest BCUT2D eigenvalue weighted by molar-refractivity contribution is -0.616. The summed E-state index contributed by atoms with van der Waals surface area (Å²) in [5.74, 6) is 0. The zero-order valence-electron chi connectivity index (χ0n) is 14.2. The maximum Gasteiger partial charge on any atom is 0.261 e. The molecule has 0 spiro atoms. The van der Waals surface area contributed by atoms with Crippen molar-refractivity contribution in [1.29, 1.82) is 0 Å². The van der Waals surface area contributed by atoms with Gasteiger partial charge < -0.3 is 9.73 Å². The molecule has 0 unspecified atom stereocenters. The molecule has 0 atom stereocenters. The molecular weight excluding hydrogens is 344 g/mol. The van der Waals surface area contributed by atoms with Crippen molar-refractivity contribution in [3.05, 3.63) is 77.8 Å². The number of rotatable bonds is 2. The first kappa shape index (κ1) is 15.2. The van der Waals surface area contributed by atoms with Crippen LogP contribution in [0.5, 0.6) is 0 Å². The summed E-state index contributed by atoms with van der Waals surface area (Å²) >= 11 is 6.03. The molecule has 0 aliphatic heterocycles. The van der Waals surface area contributed by atoms with Crippen LogP contribution in [-0.4, -0.2) is 0 Å². The first-order valence-electron chi connectivity index (χ1n) is 8.47. The van der Waals surface area contributed by atoms with Crippen LogP contribution in [0, 0.1) is 0 Å². The van der Waals surface area contributed by atoms with Gasteiger partial charge >= 0.3 is 0 Å². The maximum absolute atomic E-state index is 6.26. The molecule has 0 aliphatic carbocycles. The molecule has 126 valence electrons. The Labute approximate surface area is 155 Å². The second-order valence-electron chi connectivity index (χ2n) is 6.36. The lowest BCUT2D eigenvalue weighted by atomic mass is 10.1. The SMILES string of the molecule is C[n+]1c2ccccc2c(Nc2ccc(Cl)cc2)c2oc3ccccc3c21. The number of fused-ring (bicyclic) bond motifs is 4. The van der Waals surface area contributed by atoms with Crippen molar-refractivity contribution in [2.45, 2.75) is 0 Å². The van der Waals surface area contributed by atoms with E-state index in [-0.39, 0.29) is 0 Å². The largest absolute Gasteiger partial charge is 0.447 e. The number of aryl methyl sites for hydroxylation is 1. The van der Waals surface area contributed by atoms with Gasteiger partial charge in [0.05, 0.1) is 10.8 Å². The third-order valence-electron chi connectivity index (χ3n) is 4.78. The van der Waals surface area contributed by atoms with Crippen molar-refractivity contribution in [3.8, 4) is 0 Å². The number of nitrogens with one attached hydrogen (secondary N) is 1. The van der Waals surface area contributed by atoms with Crippen LogP contribution < -0.4 is 9.88 Å². The van der Waals surface area contributed by atoms with E-state index in [0.29, 0.717) is 5.02 Å². The van der Waals surface area contributed by atoms with Crippen molar-refractivity contribution in [2.75, 3.05) is 5.32 Å². The fraction of sp³-hybridized carbons (Fsp3) is 0.0455. The van der Waals surface area contributed by atoms with E-state index in [1.165, 1.54) is 0 Å². The predicted molar refractivity (Wildman–Crippen MR) is 107 cm³/mol. The molecule has 2 heterocycles. The predicted octanol–water partition coefficient (Wildman–Crippen LogP) is 5.96. The Morgan fingerprint density at radius 3 is 2.35 bits per heavy atom. The van der Waals surface area contributed by atoms with Crippen molar-refractivity contribution >= 4 is 55.9 Å². The maximum atomic E-state index is 6.26. The molecule has 1 N–H and O–H groups in total. The molecule has 0 radical (unpaired) electrons. The number of furan rings is 1. The van der Waals surface area contributed by atoms with E-state index in [1.807, 2.05) is 48.5 Å². The molecule has 26 heavy (non-hydrogen) atoms. The Hall–Kier alpha value is -3.04. The number of para-hydroxylation sites is 2. The second kappa shape index (κ2) is 5.75. The number of hydrogen-bond donors (Lipinski definition) is 1. The third kappa shape index (κ3) is 2.25. The quantitative estimate of drug-likeness (QED) is 0.394. The van der Waals surface area contributed by atoms with E-state index in [4.69, 9.17) is 16.0 Å². The molecule has 3 nitrogen and oxygen atoms in total. The van der Waals surface area contributed by atoms with Gasteiger partial charge in [0.15, 0.2) is 0 Å². The van der Waals surface area contributed by atoms with Crippen LogP contribution in [0.4, 0.5) is 11.4 Å². The van der Waals surface area contributed by atoms with Gasteiger partial charge in [-0.2, -0.15) is 4.57 Å². The van der Waals surface area contributed by atoms with Crippen LogP contribution in [0.25, 0.3) is 33.0 Å². The fourth-order valence-electron chi connectivity index (χ4n) is 3.56. The number of benzene rings is 3. The molecule has 2 aromatic heterocycles. The van der Waals surface area contributed by atoms with Crippen LogP contribution >= 0.6 is 11.6 Å². The summed E-state index contributed by atoms with van der Waals surface area (Å²) < 4.78 is 8.46. The summed E-state index contributed by atoms with van der Waals surface area (Å²) in [5, 5.41) is 6.47. The minimum Gasteiger partial charge on any atom is -0.447 e. The second-order valence-corrected chi connectivity index (χ2v) is 6.80. The average molecular weight is 360 g/mol. The Morgan fingerprint density at radius 1 is 0.846 bits per heavy atom. The molecule has 3 aromatic carbocycles. The summed E-state index contributed by atoms with van der Waals surface area (Å²) in [7, 11) is 2.08. The van der Waals surface area contributed by atoms with Crippen LogP contribution in [0.3, 0.4) is 0 Å². The molecule has 0 saturated heterocycles. The zero-order chi connectivity index (χ0) is 17.7. The number of aromatic nitrogens is 1. The first-order valence-corrected chi connectivity index (χ1v) is 8.85. The lowest BCUT2D eigenvalue weighted by Crippen LogP contribution is -2.30. The number of anilines is 2. The zero-order valence-corrected chi connectivity index (χ0v) is 14.9. The van der Waals surface area contributed by atoms with E-state index in [0.717, 1.165) is 44.3 Å². The highest BCUT2D eigenvalue weighted by atomic mass is 35.5. The Morgan fingerprint density at radius 2 is 1.54 bits per heavy atom. The van der Waals surface area contributed by atoms with Gasteiger partial charge in [-0.1, -0.05) is 35.9 Å². The van der Waals surface area contributed by atoms with Gasteiger partial charge in [-0.25, -0.2) is 0 Å². The van der Waals surface area contributed by atoms with Gasteiger partial charge in [0.1, 0.15) is 18.3 Å². The Bertz CT molecular complexity index is 1270. The molecule has 0 aliphatic rings. The summed E-state index contributed by atoms with van der Waals surface area (Å²) in [5.41, 5.74) is 5.89. The van der Waals surface area contributed by atoms with Crippen molar-refractivity contribution < 1.29 is 8.98 Å². The van der Waals surface area contributed by atoms with Crippen molar-refractivity contribution in [2.24, 2.45) is 7.05 Å². The monoisotopic (exact) mass is 359 g/mol. The van der Waals surface area contributed by atoms with Gasteiger partial charge in [-0.3, -0.25) is 0 Å². The summed E-state index contributed by atoms with van der Waals surface area (Å²) in [4.78, 5) is 0. The van der Waals surface area contributed by atoms with Gasteiger partial charge in [0, 0.05) is 16.8 Å².